The lowest BCUT2D eigenvalue weighted by Gasteiger charge is -2.36. The maximum Gasteiger partial charge on any atom is 0.206 e. The summed E-state index contributed by atoms with van der Waals surface area (Å²) in [5, 5.41) is 12.7. The third kappa shape index (κ3) is 3.80. The van der Waals surface area contributed by atoms with Gasteiger partial charge in [-0.2, -0.15) is 0 Å². The molecule has 1 aromatic heterocycles. The van der Waals surface area contributed by atoms with Gasteiger partial charge in [0, 0.05) is 23.3 Å². The minimum atomic E-state index is -0.726. The number of nitrogens with zero attached hydrogens (tertiary/aromatic N) is 4. The quantitative estimate of drug-likeness (QED) is 0.738. The first kappa shape index (κ1) is 19.4. The first-order valence-corrected chi connectivity index (χ1v) is 10.6. The Morgan fingerprint density at radius 1 is 0.931 bits per heavy atom. The molecule has 0 radical (unpaired) electrons. The summed E-state index contributed by atoms with van der Waals surface area (Å²) in [5.74, 6) is -0.302. The number of fused-ring (bicyclic) bond motifs is 3. The number of rotatable bonds is 4. The van der Waals surface area contributed by atoms with Crippen LogP contribution in [0, 0.1) is 0 Å². The second kappa shape index (κ2) is 7.00. The monoisotopic (exact) mass is 420 g/mol. The highest BCUT2D eigenvalue weighted by Gasteiger charge is 2.60. The minimum absolute atomic E-state index is 0.264. The van der Waals surface area contributed by atoms with Gasteiger partial charge in [0.25, 0.3) is 0 Å². The fraction of sp³-hybridized carbons (Fsp3) is 0.632. The van der Waals surface area contributed by atoms with E-state index in [1.165, 1.54) is 16.1 Å². The maximum absolute atomic E-state index is 6.20. The highest BCUT2D eigenvalue weighted by Crippen LogP contribution is 2.44. The van der Waals surface area contributed by atoms with E-state index in [0.717, 1.165) is 5.56 Å². The predicted octanol–water partition coefficient (Wildman–Crippen LogP) is 2.23. The smallest absolute Gasteiger partial charge is 0.206 e. The zero-order chi connectivity index (χ0) is 20.2. The summed E-state index contributed by atoms with van der Waals surface area (Å²) in [6.07, 6.45) is -1.63. The molecule has 156 valence electrons. The first-order valence-electron chi connectivity index (χ1n) is 9.65. The van der Waals surface area contributed by atoms with Crippen LogP contribution < -0.4 is 0 Å². The van der Waals surface area contributed by atoms with Gasteiger partial charge in [-0.15, -0.1) is 14.4 Å². The molecule has 0 N–H and O–H groups in total. The Kier molecular flexibility index (Phi) is 4.68. The van der Waals surface area contributed by atoms with Crippen molar-refractivity contribution in [2.75, 3.05) is 5.75 Å². The van der Waals surface area contributed by atoms with Crippen LogP contribution in [0.25, 0.3) is 11.4 Å². The second-order valence-corrected chi connectivity index (χ2v) is 9.15. The largest absolute Gasteiger partial charge is 0.343 e. The molecule has 0 amide bonds. The lowest BCUT2D eigenvalue weighted by molar-refractivity contribution is -0.228. The van der Waals surface area contributed by atoms with Crippen LogP contribution in [0.5, 0.6) is 0 Å². The normalized spacial score (nSPS) is 34.7. The Morgan fingerprint density at radius 3 is 2.41 bits per heavy atom. The van der Waals surface area contributed by atoms with E-state index >= 15 is 0 Å². The summed E-state index contributed by atoms with van der Waals surface area (Å²) in [5.41, 5.74) is 0.921. The Bertz CT molecular complexity index is 876. The molecular formula is C19H24N4O5S. The molecule has 5 atom stereocenters. The fourth-order valence-electron chi connectivity index (χ4n) is 3.93. The van der Waals surface area contributed by atoms with Gasteiger partial charge in [-0.1, -0.05) is 30.3 Å². The van der Waals surface area contributed by atoms with E-state index in [0.29, 0.717) is 11.6 Å². The van der Waals surface area contributed by atoms with E-state index in [2.05, 4.69) is 15.4 Å². The van der Waals surface area contributed by atoms with Gasteiger partial charge in [-0.3, -0.25) is 0 Å². The summed E-state index contributed by atoms with van der Waals surface area (Å²) in [6, 6.07) is 9.74. The molecule has 10 heteroatoms. The molecule has 3 aliphatic rings. The Balaban J connectivity index is 1.30. The SMILES string of the molecule is CC1(C)O[C@H]2[C@@H](O1)[C@H](CSn1nnc(-c3ccccc3)n1)O[C@@H]1OC(C)(C)O[C@@H]12. The molecule has 0 bridgehead atoms. The molecule has 5 rings (SSSR count). The van der Waals surface area contributed by atoms with Gasteiger partial charge in [0.05, 0.1) is 0 Å². The molecule has 1 aromatic carbocycles. The van der Waals surface area contributed by atoms with Crippen molar-refractivity contribution < 1.29 is 23.7 Å². The van der Waals surface area contributed by atoms with Crippen molar-refractivity contribution in [3.8, 4) is 11.4 Å². The van der Waals surface area contributed by atoms with Crippen LogP contribution in [-0.4, -0.2) is 67.6 Å². The topological polar surface area (TPSA) is 89.8 Å². The molecule has 4 heterocycles. The van der Waals surface area contributed by atoms with E-state index in [1.807, 2.05) is 58.0 Å². The van der Waals surface area contributed by atoms with E-state index in [9.17, 15) is 0 Å². The summed E-state index contributed by atoms with van der Waals surface area (Å²) >= 11 is 1.40. The predicted molar refractivity (Wildman–Crippen MR) is 104 cm³/mol. The van der Waals surface area contributed by atoms with Crippen molar-refractivity contribution in [3.63, 3.8) is 0 Å². The Hall–Kier alpha value is -1.56. The van der Waals surface area contributed by atoms with Crippen molar-refractivity contribution in [1.29, 1.82) is 0 Å². The molecule has 0 aliphatic carbocycles. The lowest BCUT2D eigenvalue weighted by atomic mass is 10.00. The zero-order valence-electron chi connectivity index (χ0n) is 16.7. The molecule has 29 heavy (non-hydrogen) atoms. The number of hydrogen-bond donors (Lipinski definition) is 0. The van der Waals surface area contributed by atoms with E-state index < -0.39 is 17.9 Å². The molecule has 3 fully saturated rings. The molecule has 0 saturated carbocycles. The van der Waals surface area contributed by atoms with Crippen LogP contribution in [0.15, 0.2) is 30.3 Å². The second-order valence-electron chi connectivity index (χ2n) is 8.24. The summed E-state index contributed by atoms with van der Waals surface area (Å²) in [6.45, 7) is 7.55. The van der Waals surface area contributed by atoms with Gasteiger partial charge in [-0.25, -0.2) is 0 Å². The van der Waals surface area contributed by atoms with Gasteiger partial charge in [0.1, 0.15) is 24.4 Å². The number of ether oxygens (including phenoxy) is 5. The summed E-state index contributed by atoms with van der Waals surface area (Å²) in [4.78, 5) is 0. The van der Waals surface area contributed by atoms with Crippen LogP contribution in [0.2, 0.25) is 0 Å². The third-order valence-electron chi connectivity index (χ3n) is 5.03. The van der Waals surface area contributed by atoms with Crippen molar-refractivity contribution in [2.24, 2.45) is 0 Å². The van der Waals surface area contributed by atoms with Crippen LogP contribution in [0.4, 0.5) is 0 Å². The van der Waals surface area contributed by atoms with Crippen molar-refractivity contribution >= 4 is 11.9 Å². The Labute approximate surface area is 173 Å². The molecule has 0 unspecified atom stereocenters. The third-order valence-corrected chi connectivity index (χ3v) is 5.90. The Morgan fingerprint density at radius 2 is 1.62 bits per heavy atom. The van der Waals surface area contributed by atoms with Gasteiger partial charge in [0.15, 0.2) is 17.9 Å². The summed E-state index contributed by atoms with van der Waals surface area (Å²) < 4.78 is 31.9. The summed E-state index contributed by atoms with van der Waals surface area (Å²) in [7, 11) is 0. The van der Waals surface area contributed by atoms with Crippen LogP contribution in [0.1, 0.15) is 27.7 Å². The van der Waals surface area contributed by atoms with E-state index in [-0.39, 0.29) is 24.4 Å². The average Bonchev–Trinajstić information content (AvgIpc) is 3.34. The van der Waals surface area contributed by atoms with E-state index in [4.69, 9.17) is 23.7 Å². The first-order chi connectivity index (χ1) is 13.8. The maximum atomic E-state index is 6.20. The highest BCUT2D eigenvalue weighted by atomic mass is 32.2. The molecule has 3 saturated heterocycles. The van der Waals surface area contributed by atoms with Crippen molar-refractivity contribution in [3.05, 3.63) is 30.3 Å². The molecule has 2 aromatic rings. The van der Waals surface area contributed by atoms with Gasteiger partial charge >= 0.3 is 0 Å². The van der Waals surface area contributed by atoms with Crippen molar-refractivity contribution in [2.45, 2.75) is 70.0 Å². The lowest BCUT2D eigenvalue weighted by Crippen LogP contribution is -2.55. The number of hydrogen-bond acceptors (Lipinski definition) is 9. The van der Waals surface area contributed by atoms with Gasteiger partial charge < -0.3 is 23.7 Å². The van der Waals surface area contributed by atoms with E-state index in [1.54, 1.807) is 0 Å². The zero-order valence-corrected chi connectivity index (χ0v) is 17.5. The standard InChI is InChI=1S/C19H24N4O5S/c1-18(2)25-13-12(24-17-15(14(13)26-18)27-19(3,4)28-17)10-29-23-21-16(20-22-23)11-8-6-5-7-9-11/h5-9,12-15,17H,10H2,1-4H3/t12-,13-,14-,15+,17+/m0/s1. The number of benzene rings is 1. The molecule has 0 spiro atoms. The fourth-order valence-corrected chi connectivity index (χ4v) is 4.70. The number of aromatic nitrogens is 4. The van der Waals surface area contributed by atoms with Crippen molar-refractivity contribution in [1.82, 2.24) is 19.6 Å². The molecule has 3 aliphatic heterocycles. The van der Waals surface area contributed by atoms with Crippen LogP contribution in [-0.2, 0) is 23.7 Å². The van der Waals surface area contributed by atoms with Gasteiger partial charge in [-0.05, 0) is 32.9 Å². The highest BCUT2D eigenvalue weighted by molar-refractivity contribution is 7.97. The number of tetrazole rings is 1. The van der Waals surface area contributed by atoms with Crippen LogP contribution >= 0.6 is 11.9 Å². The van der Waals surface area contributed by atoms with Crippen LogP contribution in [0.3, 0.4) is 0 Å². The average molecular weight is 420 g/mol. The molecular weight excluding hydrogens is 396 g/mol. The minimum Gasteiger partial charge on any atom is -0.343 e. The molecule has 9 nitrogen and oxygen atoms in total. The van der Waals surface area contributed by atoms with Gasteiger partial charge in [0.2, 0.25) is 5.82 Å².